The van der Waals surface area contributed by atoms with Gasteiger partial charge in [-0.25, -0.2) is 4.99 Å². The van der Waals surface area contributed by atoms with Crippen molar-refractivity contribution in [1.29, 1.82) is 0 Å². The van der Waals surface area contributed by atoms with Crippen LogP contribution < -0.4 is 10.6 Å². The smallest absolute Gasteiger partial charge is 0.209 e. The number of nitrogens with zero attached hydrogens (tertiary/aromatic N) is 1. The first-order chi connectivity index (χ1) is 25.3. The third kappa shape index (κ3) is 4.58. The maximum absolute atomic E-state index is 6.53. The molecule has 1 aliphatic rings. The molecule has 0 saturated carbocycles. The van der Waals surface area contributed by atoms with E-state index in [2.05, 4.69) is 162 Å². The summed E-state index contributed by atoms with van der Waals surface area (Å²) in [5.74, 6) is 0.883. The van der Waals surface area contributed by atoms with Gasteiger partial charge in [-0.15, -0.1) is 22.7 Å². The van der Waals surface area contributed by atoms with Gasteiger partial charge in [0.15, 0.2) is 6.17 Å². The van der Waals surface area contributed by atoms with E-state index in [0.29, 0.717) is 0 Å². The lowest BCUT2D eigenvalue weighted by molar-refractivity contribution is -0.739. The fourth-order valence-electron chi connectivity index (χ4n) is 7.99. The lowest BCUT2D eigenvalue weighted by Crippen LogP contribution is -2.90. The van der Waals surface area contributed by atoms with E-state index in [-0.39, 0.29) is 12.3 Å². The Bertz CT molecular complexity index is 3010. The van der Waals surface area contributed by atoms with Crippen molar-refractivity contribution in [3.05, 3.63) is 168 Å². The number of nitrogens with one attached hydrogen (secondary N) is 1. The van der Waals surface area contributed by atoms with E-state index in [1.807, 2.05) is 22.7 Å². The molecule has 7 aromatic carbocycles. The molecule has 2 unspecified atom stereocenters. The standard InChI is InChI=1S/C45H29N3OS2/c1-2-11-26(12-3-1)43-46-44(48-45(47-43)33-18-10-22-39-41(33)32-14-5-7-21-38(32)50-39)27-23-24-35-34(25-27)40-29(15-9-19-36(40)49-35)31-17-8-16-30-28-13-4-6-20-37(28)51-42(30)31/h1-25,43,45,47H,(H,46,48)/p+1. The molecule has 4 heterocycles. The topological polar surface area (TPSA) is 54.1 Å². The fourth-order valence-corrected chi connectivity index (χ4v) is 10.4. The normalized spacial score (nSPS) is 16.4. The molecule has 11 rings (SSSR count). The van der Waals surface area contributed by atoms with Crippen molar-refractivity contribution in [2.75, 3.05) is 0 Å². The first kappa shape index (κ1) is 29.0. The van der Waals surface area contributed by atoms with Crippen LogP contribution >= 0.6 is 22.7 Å². The van der Waals surface area contributed by atoms with Gasteiger partial charge in [0.25, 0.3) is 0 Å². The zero-order chi connectivity index (χ0) is 33.5. The number of nitrogens with two attached hydrogens (primary N) is 1. The van der Waals surface area contributed by atoms with Gasteiger partial charge in [-0.2, -0.15) is 0 Å². The van der Waals surface area contributed by atoms with Crippen LogP contribution in [0.2, 0.25) is 0 Å². The molecule has 0 aliphatic carbocycles. The summed E-state index contributed by atoms with van der Waals surface area (Å²) >= 11 is 3.72. The highest BCUT2D eigenvalue weighted by Gasteiger charge is 2.31. The number of furan rings is 1. The highest BCUT2D eigenvalue weighted by Crippen LogP contribution is 2.44. The van der Waals surface area contributed by atoms with Crippen LogP contribution in [-0.2, 0) is 0 Å². The number of fused-ring (bicyclic) bond motifs is 9. The Balaban J connectivity index is 1.09. The summed E-state index contributed by atoms with van der Waals surface area (Å²) in [4.78, 5) is 5.37. The molecule has 3 aromatic heterocycles. The van der Waals surface area contributed by atoms with Gasteiger partial charge < -0.3 is 9.73 Å². The monoisotopic (exact) mass is 692 g/mol. The van der Waals surface area contributed by atoms with Crippen LogP contribution in [0.1, 0.15) is 29.0 Å². The number of hydrogen-bond acceptors (Lipinski definition) is 5. The highest BCUT2D eigenvalue weighted by atomic mass is 32.1. The second-order valence-corrected chi connectivity index (χ2v) is 15.4. The molecule has 0 saturated heterocycles. The van der Waals surface area contributed by atoms with E-state index in [4.69, 9.17) is 9.41 Å². The molecule has 0 amide bonds. The predicted octanol–water partition coefficient (Wildman–Crippen LogP) is 11.3. The minimum absolute atomic E-state index is 0.0395. The second-order valence-electron chi connectivity index (χ2n) is 13.2. The van der Waals surface area contributed by atoms with E-state index in [1.165, 1.54) is 62.6 Å². The van der Waals surface area contributed by atoms with Gasteiger partial charge >= 0.3 is 0 Å². The van der Waals surface area contributed by atoms with Crippen molar-refractivity contribution in [3.63, 3.8) is 0 Å². The number of hydrogen-bond donors (Lipinski definition) is 2. The molecule has 0 fully saturated rings. The summed E-state index contributed by atoms with van der Waals surface area (Å²) in [7, 11) is 0. The van der Waals surface area contributed by atoms with Crippen LogP contribution in [-0.4, -0.2) is 5.84 Å². The first-order valence-electron chi connectivity index (χ1n) is 17.3. The van der Waals surface area contributed by atoms with Crippen molar-refractivity contribution < 1.29 is 9.73 Å². The zero-order valence-corrected chi connectivity index (χ0v) is 29.0. The molecule has 1 aliphatic heterocycles. The molecule has 0 bridgehead atoms. The quantitative estimate of drug-likeness (QED) is 0.193. The minimum Gasteiger partial charge on any atom is -0.456 e. The van der Waals surface area contributed by atoms with E-state index < -0.39 is 0 Å². The van der Waals surface area contributed by atoms with Crippen LogP contribution in [0.5, 0.6) is 0 Å². The van der Waals surface area contributed by atoms with Gasteiger partial charge in [0.05, 0.1) is 0 Å². The van der Waals surface area contributed by atoms with E-state index in [1.54, 1.807) is 0 Å². The van der Waals surface area contributed by atoms with Crippen molar-refractivity contribution in [2.24, 2.45) is 4.99 Å². The third-order valence-electron chi connectivity index (χ3n) is 10.3. The summed E-state index contributed by atoms with van der Waals surface area (Å²) in [6.45, 7) is 0. The van der Waals surface area contributed by atoms with Gasteiger partial charge in [0.2, 0.25) is 6.17 Å². The Morgan fingerprint density at radius 1 is 0.549 bits per heavy atom. The molecular formula is C45H30N3OS2+. The molecule has 0 spiro atoms. The largest absolute Gasteiger partial charge is 0.456 e. The molecule has 242 valence electrons. The number of aliphatic imine (C=N–C) groups is 1. The average molecular weight is 693 g/mol. The molecule has 2 atom stereocenters. The zero-order valence-electron chi connectivity index (χ0n) is 27.3. The van der Waals surface area contributed by atoms with Crippen LogP contribution in [0.4, 0.5) is 0 Å². The summed E-state index contributed by atoms with van der Waals surface area (Å²) in [5.41, 5.74) is 7.67. The molecule has 51 heavy (non-hydrogen) atoms. The van der Waals surface area contributed by atoms with Crippen LogP contribution in [0.15, 0.2) is 161 Å². The average Bonchev–Trinajstić information content (AvgIpc) is 3.89. The second kappa shape index (κ2) is 11.4. The molecule has 3 N–H and O–H groups in total. The maximum Gasteiger partial charge on any atom is 0.209 e. The first-order valence-corrected chi connectivity index (χ1v) is 18.9. The molecule has 10 aromatic rings. The summed E-state index contributed by atoms with van der Waals surface area (Å²) in [6.07, 6.45) is -0.146. The van der Waals surface area contributed by atoms with Gasteiger partial charge in [-0.1, -0.05) is 109 Å². The number of benzene rings is 7. The molecule has 6 heteroatoms. The van der Waals surface area contributed by atoms with E-state index >= 15 is 0 Å². The van der Waals surface area contributed by atoms with Crippen LogP contribution in [0, 0.1) is 0 Å². The number of rotatable bonds is 4. The fraction of sp³-hybridized carbons (Fsp3) is 0.0444. The summed E-state index contributed by atoms with van der Waals surface area (Å²) in [6, 6.07) is 54.4. The van der Waals surface area contributed by atoms with Crippen molar-refractivity contribution in [2.45, 2.75) is 12.3 Å². The molecular weight excluding hydrogens is 663 g/mol. The van der Waals surface area contributed by atoms with Gasteiger partial charge in [0.1, 0.15) is 17.0 Å². The van der Waals surface area contributed by atoms with E-state index in [0.717, 1.165) is 33.3 Å². The Labute approximate surface area is 301 Å². The number of quaternary nitrogens is 1. The Hall–Kier alpha value is -5.79. The summed E-state index contributed by atoms with van der Waals surface area (Å²) in [5, 5.41) is 13.7. The predicted molar refractivity (Wildman–Crippen MR) is 215 cm³/mol. The number of thiophene rings is 2. The lowest BCUT2D eigenvalue weighted by Gasteiger charge is -2.29. The SMILES string of the molecule is c1ccc(C2N=C(c3ccc4oc5cccc(-c6cccc7c6sc6ccccc67)c5c4c3)NC(c3cccc4sc5ccccc5c34)[NH2+]2)cc1. The highest BCUT2D eigenvalue weighted by molar-refractivity contribution is 7.26. The summed E-state index contributed by atoms with van der Waals surface area (Å²) < 4.78 is 11.7. The maximum atomic E-state index is 6.53. The Morgan fingerprint density at radius 2 is 1.27 bits per heavy atom. The minimum atomic E-state index is -0.106. The van der Waals surface area contributed by atoms with Crippen LogP contribution in [0.25, 0.3) is 73.4 Å². The van der Waals surface area contributed by atoms with E-state index in [9.17, 15) is 0 Å². The third-order valence-corrected chi connectivity index (χ3v) is 12.7. The number of amidine groups is 1. The Morgan fingerprint density at radius 3 is 2.18 bits per heavy atom. The van der Waals surface area contributed by atoms with Gasteiger partial charge in [0, 0.05) is 73.4 Å². The van der Waals surface area contributed by atoms with Gasteiger partial charge in [-0.3, -0.25) is 5.32 Å². The van der Waals surface area contributed by atoms with Crippen molar-refractivity contribution in [3.8, 4) is 11.1 Å². The molecule has 4 nitrogen and oxygen atoms in total. The molecule has 0 radical (unpaired) electrons. The lowest BCUT2D eigenvalue weighted by atomic mass is 9.97. The van der Waals surface area contributed by atoms with Gasteiger partial charge in [-0.05, 0) is 48.0 Å². The Kier molecular flexibility index (Phi) is 6.46. The van der Waals surface area contributed by atoms with Crippen LogP contribution in [0.3, 0.4) is 0 Å². The van der Waals surface area contributed by atoms with Crippen molar-refractivity contribution in [1.82, 2.24) is 5.32 Å². The van der Waals surface area contributed by atoms with Crippen molar-refractivity contribution >= 4 is 90.8 Å².